The molecule has 0 amide bonds. The van der Waals surface area contributed by atoms with Gasteiger partial charge in [-0.3, -0.25) is 4.79 Å². The summed E-state index contributed by atoms with van der Waals surface area (Å²) in [6.45, 7) is 6.00. The van der Waals surface area contributed by atoms with E-state index in [0.29, 0.717) is 16.0 Å². The molecule has 0 bridgehead atoms. The minimum absolute atomic E-state index is 0.180. The number of hydrogen-bond acceptors (Lipinski definition) is 3. The molecule has 1 aromatic carbocycles. The summed E-state index contributed by atoms with van der Waals surface area (Å²) in [5.74, 6) is 0.678. The van der Waals surface area contributed by atoms with Gasteiger partial charge in [-0.25, -0.2) is 4.98 Å². The Balaban J connectivity index is 2.63. The molecule has 0 unspecified atom stereocenters. The van der Waals surface area contributed by atoms with Gasteiger partial charge in [0.05, 0.1) is 5.69 Å². The van der Waals surface area contributed by atoms with Crippen molar-refractivity contribution in [3.63, 3.8) is 0 Å². The van der Waals surface area contributed by atoms with Crippen molar-refractivity contribution in [2.24, 2.45) is 0 Å². The molecule has 19 heavy (non-hydrogen) atoms. The summed E-state index contributed by atoms with van der Waals surface area (Å²) >= 11 is 3.29. The first-order valence-corrected chi connectivity index (χ1v) is 6.68. The van der Waals surface area contributed by atoms with Crippen molar-refractivity contribution < 1.29 is 5.11 Å². The van der Waals surface area contributed by atoms with Crippen LogP contribution < -0.4 is 5.56 Å². The summed E-state index contributed by atoms with van der Waals surface area (Å²) in [6.07, 6.45) is 0. The van der Waals surface area contributed by atoms with Crippen molar-refractivity contribution in [2.75, 3.05) is 0 Å². The molecule has 1 aromatic heterocycles. The van der Waals surface area contributed by atoms with Crippen molar-refractivity contribution in [2.45, 2.75) is 26.2 Å². The summed E-state index contributed by atoms with van der Waals surface area (Å²) in [5.41, 5.74) is 1.02. The number of halogens is 1. The molecular formula is C14H15BrN2O2. The van der Waals surface area contributed by atoms with E-state index >= 15 is 0 Å². The van der Waals surface area contributed by atoms with Gasteiger partial charge in [0.25, 0.3) is 5.56 Å². The van der Waals surface area contributed by atoms with Gasteiger partial charge in [0.1, 0.15) is 16.0 Å². The molecule has 1 heterocycles. The minimum atomic E-state index is -0.237. The molecule has 0 aliphatic rings. The third-order valence-corrected chi connectivity index (χ3v) is 3.45. The van der Waals surface area contributed by atoms with Crippen LogP contribution in [0.5, 0.6) is 5.75 Å². The van der Waals surface area contributed by atoms with E-state index in [1.54, 1.807) is 24.3 Å². The number of aromatic nitrogens is 2. The van der Waals surface area contributed by atoms with Crippen LogP contribution in [-0.2, 0) is 5.41 Å². The van der Waals surface area contributed by atoms with Gasteiger partial charge < -0.3 is 10.1 Å². The van der Waals surface area contributed by atoms with Gasteiger partial charge in [-0.1, -0.05) is 20.8 Å². The van der Waals surface area contributed by atoms with E-state index in [9.17, 15) is 9.90 Å². The van der Waals surface area contributed by atoms with Gasteiger partial charge in [-0.05, 0) is 40.2 Å². The summed E-state index contributed by atoms with van der Waals surface area (Å²) in [7, 11) is 0. The molecule has 0 aliphatic heterocycles. The number of H-pyrrole nitrogens is 1. The SMILES string of the molecule is CC(C)(C)c1nc(-c2ccc(O)cc2)[nH]c(=O)c1Br. The van der Waals surface area contributed by atoms with Crippen LogP contribution in [0.15, 0.2) is 33.5 Å². The quantitative estimate of drug-likeness (QED) is 0.847. The highest BCUT2D eigenvalue weighted by molar-refractivity contribution is 9.10. The van der Waals surface area contributed by atoms with Gasteiger partial charge in [0, 0.05) is 11.0 Å². The molecule has 0 atom stereocenters. The van der Waals surface area contributed by atoms with Crippen LogP contribution in [0.3, 0.4) is 0 Å². The van der Waals surface area contributed by atoms with Crippen LogP contribution in [0, 0.1) is 0 Å². The Labute approximate surface area is 119 Å². The zero-order valence-corrected chi connectivity index (χ0v) is 12.6. The highest BCUT2D eigenvalue weighted by atomic mass is 79.9. The van der Waals surface area contributed by atoms with Crippen LogP contribution in [0.2, 0.25) is 0 Å². The number of phenols is 1. The number of nitrogens with one attached hydrogen (secondary N) is 1. The fraction of sp³-hybridized carbons (Fsp3) is 0.286. The summed E-state index contributed by atoms with van der Waals surface area (Å²) in [5, 5.41) is 9.29. The highest BCUT2D eigenvalue weighted by Crippen LogP contribution is 2.27. The minimum Gasteiger partial charge on any atom is -0.508 e. The van der Waals surface area contributed by atoms with E-state index in [1.807, 2.05) is 20.8 Å². The van der Waals surface area contributed by atoms with Gasteiger partial charge in [0.2, 0.25) is 0 Å². The average Bonchev–Trinajstić information content (AvgIpc) is 2.32. The number of nitrogens with zero attached hydrogens (tertiary/aromatic N) is 1. The smallest absolute Gasteiger partial charge is 0.265 e. The Morgan fingerprint density at radius 2 is 1.79 bits per heavy atom. The van der Waals surface area contributed by atoms with Crippen LogP contribution in [-0.4, -0.2) is 15.1 Å². The number of rotatable bonds is 1. The Bertz CT molecular complexity index is 655. The largest absolute Gasteiger partial charge is 0.508 e. The first-order chi connectivity index (χ1) is 8.79. The molecule has 0 saturated heterocycles. The van der Waals surface area contributed by atoms with Crippen LogP contribution in [0.4, 0.5) is 0 Å². The standard InChI is InChI=1S/C14H15BrN2O2/c1-14(2,3)11-10(15)13(19)17-12(16-11)8-4-6-9(18)7-5-8/h4-7,18H,1-3H3,(H,16,17,19). The number of aromatic hydroxyl groups is 1. The normalized spacial score (nSPS) is 11.6. The Morgan fingerprint density at radius 1 is 1.21 bits per heavy atom. The average molecular weight is 323 g/mol. The molecular weight excluding hydrogens is 308 g/mol. The molecule has 0 saturated carbocycles. The second-order valence-corrected chi connectivity index (χ2v) is 6.17. The van der Waals surface area contributed by atoms with E-state index in [2.05, 4.69) is 25.9 Å². The lowest BCUT2D eigenvalue weighted by atomic mass is 9.92. The number of benzene rings is 1. The van der Waals surface area contributed by atoms with E-state index in [4.69, 9.17) is 0 Å². The zero-order chi connectivity index (χ0) is 14.2. The van der Waals surface area contributed by atoms with E-state index in [1.165, 1.54) is 0 Å². The summed E-state index contributed by atoms with van der Waals surface area (Å²) < 4.78 is 0.461. The second-order valence-electron chi connectivity index (χ2n) is 5.37. The second kappa shape index (κ2) is 4.81. The first-order valence-electron chi connectivity index (χ1n) is 5.89. The van der Waals surface area contributed by atoms with Gasteiger partial charge in [0.15, 0.2) is 0 Å². The van der Waals surface area contributed by atoms with Crippen molar-refractivity contribution in [1.29, 1.82) is 0 Å². The Kier molecular flexibility index (Phi) is 3.49. The molecule has 2 rings (SSSR count). The van der Waals surface area contributed by atoms with Gasteiger partial charge in [-0.15, -0.1) is 0 Å². The van der Waals surface area contributed by atoms with E-state index in [-0.39, 0.29) is 16.7 Å². The third-order valence-electron chi connectivity index (χ3n) is 2.71. The molecule has 2 N–H and O–H groups in total. The first kappa shape index (κ1) is 13.8. The predicted molar refractivity (Wildman–Crippen MR) is 78.4 cm³/mol. The maximum atomic E-state index is 12.0. The third kappa shape index (κ3) is 2.87. The molecule has 5 heteroatoms. The lowest BCUT2D eigenvalue weighted by Gasteiger charge is -2.19. The Hall–Kier alpha value is -1.62. The molecule has 2 aromatic rings. The maximum Gasteiger partial charge on any atom is 0.265 e. The topological polar surface area (TPSA) is 66.0 Å². The fourth-order valence-corrected chi connectivity index (χ4v) is 2.49. The monoisotopic (exact) mass is 322 g/mol. The van der Waals surface area contributed by atoms with Crippen molar-refractivity contribution in [3.8, 4) is 17.1 Å². The summed E-state index contributed by atoms with van der Waals surface area (Å²) in [4.78, 5) is 19.2. The predicted octanol–water partition coefficient (Wildman–Crippen LogP) is 3.20. The van der Waals surface area contributed by atoms with Gasteiger partial charge in [-0.2, -0.15) is 0 Å². The van der Waals surface area contributed by atoms with Crippen LogP contribution in [0.1, 0.15) is 26.5 Å². The molecule has 0 aliphatic carbocycles. The maximum absolute atomic E-state index is 12.0. The molecule has 0 spiro atoms. The van der Waals surface area contributed by atoms with Gasteiger partial charge >= 0.3 is 0 Å². The van der Waals surface area contributed by atoms with Crippen molar-refractivity contribution in [3.05, 3.63) is 44.8 Å². The van der Waals surface area contributed by atoms with Crippen molar-refractivity contribution in [1.82, 2.24) is 9.97 Å². The molecule has 4 nitrogen and oxygen atoms in total. The number of phenolic OH excluding ortho intramolecular Hbond substituents is 1. The van der Waals surface area contributed by atoms with Crippen LogP contribution in [0.25, 0.3) is 11.4 Å². The lowest BCUT2D eigenvalue weighted by molar-refractivity contribution is 0.475. The number of hydrogen-bond donors (Lipinski definition) is 2. The van der Waals surface area contributed by atoms with Crippen LogP contribution >= 0.6 is 15.9 Å². The lowest BCUT2D eigenvalue weighted by Crippen LogP contribution is -2.22. The zero-order valence-electron chi connectivity index (χ0n) is 11.0. The fourth-order valence-electron chi connectivity index (χ4n) is 1.71. The Morgan fingerprint density at radius 3 is 2.32 bits per heavy atom. The number of aromatic amines is 1. The van der Waals surface area contributed by atoms with E-state index in [0.717, 1.165) is 5.56 Å². The molecule has 0 fully saturated rings. The van der Waals surface area contributed by atoms with E-state index < -0.39 is 0 Å². The van der Waals surface area contributed by atoms with Crippen molar-refractivity contribution >= 4 is 15.9 Å². The molecule has 100 valence electrons. The molecule has 0 radical (unpaired) electrons. The highest BCUT2D eigenvalue weighted by Gasteiger charge is 2.22. The summed E-state index contributed by atoms with van der Waals surface area (Å²) in [6, 6.07) is 6.56.